The molecular formula is C36H54N2O10. The molecule has 3 fully saturated rings. The SMILES string of the molecule is CC[C@@H](C)[C@H](NC(=O)[C@H](NC(=O)CCC(=O)OCC(=O)[C@@]1(O)CC[C@H]2[C@@H]3CCC4=CC(=O)CC[C@]4(C)[C@H]3[C@H](O)C[C@@]21C)C(C)C)C(=O)O. The molecule has 0 aromatic rings. The van der Waals surface area contributed by atoms with Crippen molar-refractivity contribution >= 4 is 35.3 Å². The lowest BCUT2D eigenvalue weighted by Crippen LogP contribution is -2.62. The number of ketones is 2. The molecule has 0 unspecified atom stereocenters. The number of hydrogen-bond donors (Lipinski definition) is 5. The molecule has 2 amide bonds. The average molecular weight is 675 g/mol. The van der Waals surface area contributed by atoms with Crippen molar-refractivity contribution in [3.63, 3.8) is 0 Å². The number of carbonyl (C=O) groups excluding carboxylic acids is 5. The third-order valence-electron chi connectivity index (χ3n) is 12.5. The molecule has 12 nitrogen and oxygen atoms in total. The number of aliphatic hydroxyl groups is 2. The van der Waals surface area contributed by atoms with Gasteiger partial charge in [0.15, 0.2) is 12.4 Å². The highest BCUT2D eigenvalue weighted by molar-refractivity contribution is 5.93. The number of carboxylic acid groups (broad SMARTS) is 1. The Kier molecular flexibility index (Phi) is 11.3. The number of nitrogens with one attached hydrogen (secondary N) is 2. The van der Waals surface area contributed by atoms with Crippen molar-refractivity contribution in [2.75, 3.05) is 6.61 Å². The normalized spacial score (nSPS) is 34.4. The maximum absolute atomic E-state index is 13.5. The minimum atomic E-state index is -1.79. The van der Waals surface area contributed by atoms with E-state index >= 15 is 0 Å². The number of ether oxygens (including phenoxy) is 1. The van der Waals surface area contributed by atoms with E-state index in [0.717, 1.165) is 18.4 Å². The van der Waals surface area contributed by atoms with Gasteiger partial charge in [-0.15, -0.1) is 0 Å². The van der Waals surface area contributed by atoms with E-state index in [1.54, 1.807) is 26.8 Å². The minimum absolute atomic E-state index is 0.0164. The van der Waals surface area contributed by atoms with Crippen LogP contribution in [0.2, 0.25) is 0 Å². The first kappa shape index (κ1) is 37.7. The van der Waals surface area contributed by atoms with Gasteiger partial charge in [-0.3, -0.25) is 24.0 Å². The van der Waals surface area contributed by atoms with Gasteiger partial charge in [-0.25, -0.2) is 4.79 Å². The van der Waals surface area contributed by atoms with Crippen LogP contribution in [0.25, 0.3) is 0 Å². The summed E-state index contributed by atoms with van der Waals surface area (Å²) >= 11 is 0. The number of carboxylic acids is 1. The lowest BCUT2D eigenvalue weighted by Gasteiger charge is -2.60. The van der Waals surface area contributed by atoms with Gasteiger partial charge in [0.1, 0.15) is 17.7 Å². The molecule has 0 heterocycles. The minimum Gasteiger partial charge on any atom is -0.480 e. The number of allylic oxidation sites excluding steroid dienone is 1. The van der Waals surface area contributed by atoms with E-state index in [9.17, 15) is 44.1 Å². The molecule has 4 aliphatic rings. The van der Waals surface area contributed by atoms with Gasteiger partial charge in [-0.2, -0.15) is 0 Å². The summed E-state index contributed by atoms with van der Waals surface area (Å²) in [7, 11) is 0. The molecule has 48 heavy (non-hydrogen) atoms. The van der Waals surface area contributed by atoms with Gasteiger partial charge in [0.05, 0.1) is 12.5 Å². The molecule has 268 valence electrons. The lowest BCUT2D eigenvalue weighted by atomic mass is 9.45. The van der Waals surface area contributed by atoms with E-state index in [1.165, 1.54) is 0 Å². The molecule has 0 radical (unpaired) electrons. The van der Waals surface area contributed by atoms with Gasteiger partial charge < -0.3 is 30.7 Å². The summed E-state index contributed by atoms with van der Waals surface area (Å²) in [6.07, 6.45) is 4.52. The van der Waals surface area contributed by atoms with Crippen molar-refractivity contribution in [1.82, 2.24) is 10.6 Å². The maximum atomic E-state index is 13.5. The fourth-order valence-corrected chi connectivity index (χ4v) is 9.41. The maximum Gasteiger partial charge on any atom is 0.326 e. The number of carbonyl (C=O) groups is 6. The second kappa shape index (κ2) is 14.4. The smallest absolute Gasteiger partial charge is 0.326 e. The van der Waals surface area contributed by atoms with Crippen LogP contribution in [-0.2, 0) is 33.5 Å². The molecule has 4 rings (SSSR count). The Bertz CT molecular complexity index is 1340. The Labute approximate surface area is 282 Å². The van der Waals surface area contributed by atoms with E-state index in [1.807, 2.05) is 13.8 Å². The first-order valence-corrected chi connectivity index (χ1v) is 17.5. The van der Waals surface area contributed by atoms with E-state index in [0.29, 0.717) is 25.7 Å². The zero-order chi connectivity index (χ0) is 35.8. The number of rotatable bonds is 13. The van der Waals surface area contributed by atoms with Gasteiger partial charge in [0.25, 0.3) is 0 Å². The van der Waals surface area contributed by atoms with Crippen molar-refractivity contribution in [3.05, 3.63) is 11.6 Å². The summed E-state index contributed by atoms with van der Waals surface area (Å²) in [5, 5.41) is 38.0. The fraction of sp³-hybridized carbons (Fsp3) is 0.778. The molecule has 12 heteroatoms. The predicted molar refractivity (Wildman–Crippen MR) is 174 cm³/mol. The van der Waals surface area contributed by atoms with Crippen molar-refractivity contribution in [2.24, 2.45) is 40.4 Å². The fourth-order valence-electron chi connectivity index (χ4n) is 9.41. The number of hydrogen-bond acceptors (Lipinski definition) is 9. The van der Waals surface area contributed by atoms with Crippen molar-refractivity contribution < 1.29 is 48.8 Å². The Hall–Kier alpha value is -3.12. The lowest BCUT2D eigenvalue weighted by molar-refractivity contribution is -0.184. The summed E-state index contributed by atoms with van der Waals surface area (Å²) in [5.41, 5.74) is -1.90. The number of esters is 1. The molecule has 0 saturated heterocycles. The monoisotopic (exact) mass is 674 g/mol. The number of aliphatic hydroxyl groups excluding tert-OH is 1. The molecule has 0 spiro atoms. The summed E-state index contributed by atoms with van der Waals surface area (Å²) in [6, 6.07) is -2.13. The third-order valence-corrected chi connectivity index (χ3v) is 12.5. The van der Waals surface area contributed by atoms with Gasteiger partial charge in [-0.05, 0) is 79.6 Å². The van der Waals surface area contributed by atoms with E-state index in [-0.39, 0.29) is 66.5 Å². The number of aliphatic carboxylic acids is 1. The van der Waals surface area contributed by atoms with E-state index < -0.39 is 65.3 Å². The van der Waals surface area contributed by atoms with Crippen molar-refractivity contribution in [3.8, 4) is 0 Å². The van der Waals surface area contributed by atoms with Crippen molar-refractivity contribution in [2.45, 2.75) is 130 Å². The van der Waals surface area contributed by atoms with Crippen LogP contribution in [0.4, 0.5) is 0 Å². The highest BCUT2D eigenvalue weighted by atomic mass is 16.5. The van der Waals surface area contributed by atoms with Crippen LogP contribution < -0.4 is 10.6 Å². The molecular weight excluding hydrogens is 620 g/mol. The van der Waals surface area contributed by atoms with Gasteiger partial charge in [-0.1, -0.05) is 53.5 Å². The van der Waals surface area contributed by atoms with E-state index in [4.69, 9.17) is 4.74 Å². The zero-order valence-electron chi connectivity index (χ0n) is 29.2. The first-order valence-electron chi connectivity index (χ1n) is 17.5. The van der Waals surface area contributed by atoms with Crippen LogP contribution in [-0.4, -0.2) is 81.0 Å². The van der Waals surface area contributed by atoms with Crippen LogP contribution in [0.15, 0.2) is 11.6 Å². The summed E-state index contributed by atoms with van der Waals surface area (Å²) < 4.78 is 5.23. The standard InChI is InChI=1S/C36H54N2O10/c1-7-20(4)31(33(45)46)38-32(44)30(19(2)3)37-27(42)10-11-28(43)48-18-26(41)36(47)15-13-24-23-9-8-21-16-22(39)12-14-34(21,5)29(23)25(40)17-35(24,36)6/h16,19-20,23-25,29-31,40,47H,7-15,17-18H2,1-6H3,(H,37,42)(H,38,44)(H,45,46)/t20-,23+,24+,25-,29-,30-,31+,34+,35+,36+/m1/s1. The number of amides is 2. The topological polar surface area (TPSA) is 196 Å². The average Bonchev–Trinajstić information content (AvgIpc) is 3.29. The molecule has 3 saturated carbocycles. The molecule has 0 bridgehead atoms. The van der Waals surface area contributed by atoms with Crippen LogP contribution in [0.1, 0.15) is 106 Å². The molecule has 10 atom stereocenters. The van der Waals surface area contributed by atoms with Crippen LogP contribution in [0, 0.1) is 40.4 Å². The van der Waals surface area contributed by atoms with E-state index in [2.05, 4.69) is 17.6 Å². The Morgan fingerprint density at radius 1 is 1.00 bits per heavy atom. The zero-order valence-corrected chi connectivity index (χ0v) is 29.2. The molecule has 0 aromatic heterocycles. The van der Waals surface area contributed by atoms with Gasteiger partial charge >= 0.3 is 11.9 Å². The molecule has 0 aromatic carbocycles. The Balaban J connectivity index is 1.32. The predicted octanol–water partition coefficient (Wildman–Crippen LogP) is 2.87. The third kappa shape index (κ3) is 6.97. The van der Waals surface area contributed by atoms with Gasteiger partial charge in [0, 0.05) is 18.3 Å². The molecule has 0 aliphatic heterocycles. The second-order valence-electron chi connectivity index (χ2n) is 15.6. The largest absolute Gasteiger partial charge is 0.480 e. The molecule has 5 N–H and O–H groups in total. The quantitative estimate of drug-likeness (QED) is 0.181. The van der Waals surface area contributed by atoms with Crippen LogP contribution >= 0.6 is 0 Å². The van der Waals surface area contributed by atoms with Crippen LogP contribution in [0.5, 0.6) is 0 Å². The summed E-state index contributed by atoms with van der Waals surface area (Å²) in [4.78, 5) is 75.5. The Morgan fingerprint density at radius 2 is 1.69 bits per heavy atom. The number of Topliss-reactive ketones (excluding diaryl/α,β-unsaturated/α-hetero) is 1. The summed E-state index contributed by atoms with van der Waals surface area (Å²) in [6.45, 7) is 10.3. The highest BCUT2D eigenvalue weighted by Gasteiger charge is 2.68. The number of fused-ring (bicyclic) bond motifs is 5. The highest BCUT2D eigenvalue weighted by Crippen LogP contribution is 2.67. The summed E-state index contributed by atoms with van der Waals surface area (Å²) in [5.74, 6) is -4.42. The van der Waals surface area contributed by atoms with Crippen LogP contribution in [0.3, 0.4) is 0 Å². The Morgan fingerprint density at radius 3 is 2.31 bits per heavy atom. The molecule has 4 aliphatic carbocycles. The van der Waals surface area contributed by atoms with Gasteiger partial charge in [0.2, 0.25) is 17.6 Å². The second-order valence-corrected chi connectivity index (χ2v) is 15.6. The van der Waals surface area contributed by atoms with Crippen molar-refractivity contribution in [1.29, 1.82) is 0 Å². The first-order chi connectivity index (χ1) is 22.4.